The lowest BCUT2D eigenvalue weighted by molar-refractivity contribution is 0.0263. The summed E-state index contributed by atoms with van der Waals surface area (Å²) in [6.45, 7) is 16.8. The predicted molar refractivity (Wildman–Crippen MR) is 355 cm³/mol. The number of rotatable bonds is 10. The average Bonchev–Trinajstić information content (AvgIpc) is 1.93. The Bertz CT molecular complexity index is 3530. The molecule has 0 saturated carbocycles. The molecule has 10 heterocycles. The molecule has 4 saturated heterocycles. The van der Waals surface area contributed by atoms with Gasteiger partial charge in [0.1, 0.15) is 23.4 Å². The number of carbonyl (C=O) groups is 2. The smallest absolute Gasteiger partial charge is 0.410 e. The van der Waals surface area contributed by atoms with Crippen LogP contribution >= 0.6 is 49.9 Å². The molecule has 17 nitrogen and oxygen atoms in total. The Morgan fingerprint density at radius 1 is 0.528 bits per heavy atom. The Kier molecular flexibility index (Phi) is 23.9. The van der Waals surface area contributed by atoms with Gasteiger partial charge in [0.2, 0.25) is 0 Å². The Morgan fingerprint density at radius 2 is 0.955 bits per heavy atom. The largest absolute Gasteiger partial charge is 0.465 e. The van der Waals surface area contributed by atoms with Crippen LogP contribution in [0.2, 0.25) is 0 Å². The predicted octanol–water partition coefficient (Wildman–Crippen LogP) is 14.5. The highest BCUT2D eigenvalue weighted by Crippen LogP contribution is 2.36. The maximum atomic E-state index is 12.7. The molecular formula is C68H76BrN9O8S3. The SMILES string of the molecule is Brc1nc(-c2cccnc2)cs1.C1CCOC1.CC(C)(C)OC(=O)N1C[C@@H](O)[C@H](c2ccccc2)C1.CC(C)(C)OC(=O)N1C[C@@H](Oc2nc(-c3cccnc3)cs2)[C@H](c2ccccc2)C1.c1ccc([C@@H]2CNC[C@H]2Oc2nc(-c3cccnc3)cs2)cc1. The number of carbonyl (C=O) groups excluding carboxylic acids is 2. The number of ether oxygens (including phenoxy) is 5. The molecule has 2 N–H and O–H groups in total. The van der Waals surface area contributed by atoms with Crippen molar-refractivity contribution in [1.29, 1.82) is 0 Å². The van der Waals surface area contributed by atoms with Gasteiger partial charge in [-0.15, -0.1) is 11.3 Å². The van der Waals surface area contributed by atoms with Crippen LogP contribution in [0.4, 0.5) is 9.59 Å². The molecule has 0 aliphatic carbocycles. The van der Waals surface area contributed by atoms with Crippen molar-refractivity contribution in [3.8, 4) is 44.2 Å². The standard InChI is InChI=1S/C23H25N3O3S.C18H17N3OS.C15H21NO3.C8H5BrN2S.C4H8O/c1-23(2,3)29-22(27)26-13-18(16-8-5-4-6-9-16)20(14-26)28-21-25-19(15-30-21)17-10-7-11-24-12-17;1-2-5-13(6-3-1)15-10-20-11-17(15)22-18-21-16(12-23-18)14-7-4-8-19-9-14;1-15(2,3)19-14(18)16-9-12(13(17)10-16)11-7-5-4-6-8-11;9-8-11-7(5-12-8)6-2-1-3-10-4-6;1-2-4-5-3-1/h4-12,15,18,20H,13-14H2,1-3H3;1-9,12,15,17,20H,10-11H2;4-8,12-13,17H,9-10H2,1-3H3;1-5H;1-4H2/t18-,20+;15-,17+;12-,13+;;/m000../s1. The van der Waals surface area contributed by atoms with Crippen LogP contribution in [-0.2, 0) is 14.2 Å². The summed E-state index contributed by atoms with van der Waals surface area (Å²) in [6.07, 6.45) is 11.9. The number of amides is 2. The highest BCUT2D eigenvalue weighted by Gasteiger charge is 2.40. The van der Waals surface area contributed by atoms with E-state index in [0.717, 1.165) is 80.3 Å². The van der Waals surface area contributed by atoms with Gasteiger partial charge in [-0.3, -0.25) is 15.0 Å². The number of likely N-dealkylation sites (tertiary alicyclic amines) is 2. The number of hydrogen-bond acceptors (Lipinski definition) is 18. The van der Waals surface area contributed by atoms with Gasteiger partial charge in [0.05, 0.1) is 36.3 Å². The van der Waals surface area contributed by atoms with Gasteiger partial charge >= 0.3 is 12.2 Å². The summed E-state index contributed by atoms with van der Waals surface area (Å²) in [6, 6.07) is 42.1. The van der Waals surface area contributed by atoms with Crippen molar-refractivity contribution >= 4 is 62.1 Å². The Hall–Kier alpha value is -7.50. The molecule has 6 aromatic heterocycles. The van der Waals surface area contributed by atoms with Crippen LogP contribution < -0.4 is 14.8 Å². The van der Waals surface area contributed by atoms with Gasteiger partial charge in [-0.05, 0) is 123 Å². The molecule has 0 unspecified atom stereocenters. The fraction of sp³-hybridized carbons (Fsp3) is 0.353. The maximum absolute atomic E-state index is 12.7. The number of pyridine rings is 3. The van der Waals surface area contributed by atoms with Gasteiger partial charge in [-0.25, -0.2) is 24.5 Å². The fourth-order valence-electron chi connectivity index (χ4n) is 10.1. The summed E-state index contributed by atoms with van der Waals surface area (Å²) in [7, 11) is 0. The van der Waals surface area contributed by atoms with Crippen molar-refractivity contribution in [2.45, 2.75) is 102 Å². The van der Waals surface area contributed by atoms with Gasteiger partial charge < -0.3 is 43.9 Å². The number of halogens is 1. The zero-order valence-electron chi connectivity index (χ0n) is 50.8. The van der Waals surface area contributed by atoms with Crippen molar-refractivity contribution in [2.75, 3.05) is 52.5 Å². The highest BCUT2D eigenvalue weighted by atomic mass is 79.9. The monoisotopic (exact) mass is 1320 g/mol. The Labute approximate surface area is 541 Å². The second-order valence-electron chi connectivity index (χ2n) is 23.4. The number of aromatic nitrogens is 6. The van der Waals surface area contributed by atoms with E-state index in [1.165, 1.54) is 41.1 Å². The molecule has 4 aliphatic heterocycles. The molecule has 0 bridgehead atoms. The van der Waals surface area contributed by atoms with E-state index in [-0.39, 0.29) is 36.2 Å². The number of aliphatic hydroxyl groups is 1. The maximum Gasteiger partial charge on any atom is 0.410 e. The summed E-state index contributed by atoms with van der Waals surface area (Å²) >= 11 is 7.89. The van der Waals surface area contributed by atoms with Crippen LogP contribution in [0.1, 0.15) is 88.8 Å². The van der Waals surface area contributed by atoms with Gasteiger partial charge in [0.15, 0.2) is 3.92 Å². The normalized spacial score (nSPS) is 19.4. The van der Waals surface area contributed by atoms with E-state index in [9.17, 15) is 14.7 Å². The quantitative estimate of drug-likeness (QED) is 0.131. The molecular weight excluding hydrogens is 1250 g/mol. The number of hydrogen-bond donors (Lipinski definition) is 2. The van der Waals surface area contributed by atoms with Gasteiger partial charge in [-0.1, -0.05) is 114 Å². The molecule has 89 heavy (non-hydrogen) atoms. The Morgan fingerprint density at radius 3 is 1.38 bits per heavy atom. The van der Waals surface area contributed by atoms with E-state index < -0.39 is 17.3 Å². The van der Waals surface area contributed by atoms with E-state index in [2.05, 4.69) is 87.5 Å². The minimum absolute atomic E-state index is 0.0336. The number of benzene rings is 3. The summed E-state index contributed by atoms with van der Waals surface area (Å²) in [5.74, 6) is 0.375. The summed E-state index contributed by atoms with van der Waals surface area (Å²) in [5.41, 5.74) is 8.21. The summed E-state index contributed by atoms with van der Waals surface area (Å²) in [5, 5.41) is 20.8. The van der Waals surface area contributed by atoms with Gasteiger partial charge in [0.25, 0.3) is 10.4 Å². The van der Waals surface area contributed by atoms with Crippen LogP contribution in [0, 0.1) is 0 Å². The fourth-order valence-corrected chi connectivity index (χ4v) is 12.6. The van der Waals surface area contributed by atoms with Crippen LogP contribution in [0.3, 0.4) is 0 Å². The molecule has 6 atom stereocenters. The Balaban J connectivity index is 0.000000142. The number of nitrogens with zero attached hydrogens (tertiary/aromatic N) is 8. The molecule has 2 amide bonds. The molecule has 4 fully saturated rings. The molecule has 3 aromatic carbocycles. The number of aliphatic hydroxyl groups excluding tert-OH is 1. The van der Waals surface area contributed by atoms with Crippen LogP contribution in [0.25, 0.3) is 33.8 Å². The third-order valence-electron chi connectivity index (χ3n) is 14.3. The van der Waals surface area contributed by atoms with Crippen LogP contribution in [0.5, 0.6) is 10.4 Å². The van der Waals surface area contributed by atoms with E-state index >= 15 is 0 Å². The lowest BCUT2D eigenvalue weighted by atomic mass is 9.96. The first-order valence-electron chi connectivity index (χ1n) is 29.7. The van der Waals surface area contributed by atoms with E-state index in [4.69, 9.17) is 23.7 Å². The zero-order chi connectivity index (χ0) is 62.6. The van der Waals surface area contributed by atoms with Crippen molar-refractivity contribution in [1.82, 2.24) is 45.0 Å². The summed E-state index contributed by atoms with van der Waals surface area (Å²) < 4.78 is 29.2. The summed E-state index contributed by atoms with van der Waals surface area (Å²) in [4.78, 5) is 53.7. The molecule has 9 aromatic rings. The van der Waals surface area contributed by atoms with Crippen LogP contribution in [0.15, 0.2) is 185 Å². The first-order valence-corrected chi connectivity index (χ1v) is 33.1. The van der Waals surface area contributed by atoms with Crippen molar-refractivity contribution < 1.29 is 38.4 Å². The lowest BCUT2D eigenvalue weighted by Crippen LogP contribution is -2.36. The molecule has 4 aliphatic rings. The third kappa shape index (κ3) is 20.3. The van der Waals surface area contributed by atoms with E-state index in [0.29, 0.717) is 37.3 Å². The van der Waals surface area contributed by atoms with Crippen molar-refractivity contribution in [3.05, 3.63) is 201 Å². The van der Waals surface area contributed by atoms with Crippen molar-refractivity contribution in [2.24, 2.45) is 0 Å². The number of β-amino-alcohol motifs (C(OH)–C–C–N with tert-alkyl or cyclic N) is 1. The van der Waals surface area contributed by atoms with E-state index in [1.54, 1.807) is 45.9 Å². The molecule has 21 heteroatoms. The molecule has 13 rings (SSSR count). The minimum atomic E-state index is -0.536. The average molecular weight is 1320 g/mol. The van der Waals surface area contributed by atoms with E-state index in [1.807, 2.05) is 161 Å². The van der Waals surface area contributed by atoms with Crippen molar-refractivity contribution in [3.63, 3.8) is 0 Å². The molecule has 0 spiro atoms. The van der Waals surface area contributed by atoms with Gasteiger partial charge in [-0.2, -0.15) is 0 Å². The number of nitrogens with one attached hydrogen (secondary N) is 1. The zero-order valence-corrected chi connectivity index (χ0v) is 54.9. The second kappa shape index (κ2) is 32.3. The van der Waals surface area contributed by atoms with Gasteiger partial charge in [0, 0.05) is 127 Å². The lowest BCUT2D eigenvalue weighted by Gasteiger charge is -2.24. The molecule has 466 valence electrons. The van der Waals surface area contributed by atoms with Crippen LogP contribution in [-0.4, -0.2) is 139 Å². The topological polar surface area (TPSA) is 196 Å². The highest BCUT2D eigenvalue weighted by molar-refractivity contribution is 9.11. The first kappa shape index (κ1) is 65.9. The third-order valence-corrected chi connectivity index (χ3v) is 17.2. The number of thiazole rings is 3. The molecule has 0 radical (unpaired) electrons. The second-order valence-corrected chi connectivity index (χ2v) is 27.2. The first-order chi connectivity index (χ1) is 43.0. The minimum Gasteiger partial charge on any atom is -0.465 e.